The molecule has 0 bridgehead atoms. The van der Waals surface area contributed by atoms with Crippen molar-refractivity contribution in [2.75, 3.05) is 20.2 Å². The van der Waals surface area contributed by atoms with Crippen LogP contribution in [0.2, 0.25) is 0 Å². The molecule has 0 saturated heterocycles. The van der Waals surface area contributed by atoms with E-state index in [4.69, 9.17) is 9.47 Å². The molecule has 0 aromatic heterocycles. The summed E-state index contributed by atoms with van der Waals surface area (Å²) in [5.41, 5.74) is -0.551. The van der Waals surface area contributed by atoms with Gasteiger partial charge in [0.25, 0.3) is 0 Å². The summed E-state index contributed by atoms with van der Waals surface area (Å²) in [6, 6.07) is 7.40. The van der Waals surface area contributed by atoms with Gasteiger partial charge >= 0.3 is 5.97 Å². The van der Waals surface area contributed by atoms with E-state index >= 15 is 0 Å². The van der Waals surface area contributed by atoms with Gasteiger partial charge in [-0.3, -0.25) is 9.59 Å². The number of likely N-dealkylation sites (N-methyl/N-ethyl adjacent to an activating group) is 1. The van der Waals surface area contributed by atoms with E-state index in [1.807, 2.05) is 24.3 Å². The number of hydrogen-bond donors (Lipinski definition) is 0. The van der Waals surface area contributed by atoms with Crippen molar-refractivity contribution < 1.29 is 19.1 Å². The highest BCUT2D eigenvalue weighted by Crippen LogP contribution is 2.17. The molecule has 6 heteroatoms. The van der Waals surface area contributed by atoms with Gasteiger partial charge in [0.1, 0.15) is 17.9 Å². The van der Waals surface area contributed by atoms with Gasteiger partial charge in [-0.25, -0.2) is 0 Å². The third-order valence-electron chi connectivity index (χ3n) is 2.59. The van der Waals surface area contributed by atoms with Gasteiger partial charge < -0.3 is 14.4 Å². The number of rotatable bonds is 6. The minimum absolute atomic E-state index is 0.0625. The standard InChI is InChI=1S/C16H22BrNO4/c1-16(2,3)22-15(20)11-18(4)14(19)8-9-21-13-7-5-6-12(17)10-13/h5-7,10H,8-9,11H2,1-4H3. The van der Waals surface area contributed by atoms with Crippen LogP contribution in [0.4, 0.5) is 0 Å². The van der Waals surface area contributed by atoms with Crippen LogP contribution in [0, 0.1) is 0 Å². The summed E-state index contributed by atoms with van der Waals surface area (Å²) in [5.74, 6) is 0.106. The van der Waals surface area contributed by atoms with Gasteiger partial charge in [0, 0.05) is 11.5 Å². The summed E-state index contributed by atoms with van der Waals surface area (Å²) >= 11 is 3.35. The molecule has 1 aromatic carbocycles. The number of amides is 1. The van der Waals surface area contributed by atoms with E-state index < -0.39 is 11.6 Å². The van der Waals surface area contributed by atoms with Gasteiger partial charge in [0.15, 0.2) is 0 Å². The maximum absolute atomic E-state index is 11.9. The fraction of sp³-hybridized carbons (Fsp3) is 0.500. The quantitative estimate of drug-likeness (QED) is 0.721. The van der Waals surface area contributed by atoms with Gasteiger partial charge in [-0.2, -0.15) is 0 Å². The molecular formula is C16H22BrNO4. The second kappa shape index (κ2) is 8.17. The maximum atomic E-state index is 11.9. The fourth-order valence-electron chi connectivity index (χ4n) is 1.66. The summed E-state index contributed by atoms with van der Waals surface area (Å²) in [6.07, 6.45) is 0.200. The van der Waals surface area contributed by atoms with Crippen molar-refractivity contribution in [2.45, 2.75) is 32.8 Å². The van der Waals surface area contributed by atoms with E-state index in [0.717, 1.165) is 4.47 Å². The number of carbonyl (C=O) groups is 2. The third-order valence-corrected chi connectivity index (χ3v) is 3.09. The Labute approximate surface area is 139 Å². The van der Waals surface area contributed by atoms with E-state index in [9.17, 15) is 9.59 Å². The maximum Gasteiger partial charge on any atom is 0.326 e. The van der Waals surface area contributed by atoms with Crippen LogP contribution in [0.5, 0.6) is 5.75 Å². The average Bonchev–Trinajstić information content (AvgIpc) is 2.36. The van der Waals surface area contributed by atoms with Crippen LogP contribution in [0.3, 0.4) is 0 Å². The first-order chi connectivity index (χ1) is 10.2. The molecule has 0 saturated carbocycles. The Kier molecular flexibility index (Phi) is 6.87. The number of hydrogen-bond acceptors (Lipinski definition) is 4. The van der Waals surface area contributed by atoms with Gasteiger partial charge in [0.2, 0.25) is 5.91 Å². The zero-order valence-corrected chi connectivity index (χ0v) is 15.0. The highest BCUT2D eigenvalue weighted by Gasteiger charge is 2.19. The molecule has 1 amide bonds. The van der Waals surface area contributed by atoms with Crippen LogP contribution in [0.25, 0.3) is 0 Å². The lowest BCUT2D eigenvalue weighted by molar-refractivity contribution is -0.158. The van der Waals surface area contributed by atoms with Crippen molar-refractivity contribution in [3.05, 3.63) is 28.7 Å². The molecule has 0 heterocycles. The smallest absolute Gasteiger partial charge is 0.326 e. The number of benzene rings is 1. The lowest BCUT2D eigenvalue weighted by atomic mass is 10.2. The molecule has 0 atom stereocenters. The van der Waals surface area contributed by atoms with Gasteiger partial charge in [-0.15, -0.1) is 0 Å². The molecule has 1 rings (SSSR count). The Hall–Kier alpha value is -1.56. The summed E-state index contributed by atoms with van der Waals surface area (Å²) in [7, 11) is 1.57. The fourth-order valence-corrected chi connectivity index (χ4v) is 2.04. The molecule has 1 aromatic rings. The Bertz CT molecular complexity index is 525. The zero-order valence-electron chi connectivity index (χ0n) is 13.4. The Balaban J connectivity index is 2.34. The molecule has 0 aliphatic carbocycles. The highest BCUT2D eigenvalue weighted by atomic mass is 79.9. The minimum Gasteiger partial charge on any atom is -0.493 e. The average molecular weight is 372 g/mol. The summed E-state index contributed by atoms with van der Waals surface area (Å²) < 4.78 is 11.6. The third kappa shape index (κ3) is 7.45. The number of halogens is 1. The van der Waals surface area contributed by atoms with Crippen LogP contribution in [-0.4, -0.2) is 42.6 Å². The largest absolute Gasteiger partial charge is 0.493 e. The van der Waals surface area contributed by atoms with E-state index in [-0.39, 0.29) is 25.5 Å². The molecular weight excluding hydrogens is 350 g/mol. The normalized spacial score (nSPS) is 11.0. The lowest BCUT2D eigenvalue weighted by Crippen LogP contribution is -2.36. The van der Waals surface area contributed by atoms with Crippen molar-refractivity contribution in [1.29, 1.82) is 0 Å². The molecule has 0 N–H and O–H groups in total. The molecule has 0 fully saturated rings. The van der Waals surface area contributed by atoms with Crippen molar-refractivity contribution >= 4 is 27.8 Å². The Morgan fingerprint density at radius 2 is 1.95 bits per heavy atom. The molecule has 22 heavy (non-hydrogen) atoms. The first-order valence-electron chi connectivity index (χ1n) is 7.01. The first kappa shape index (κ1) is 18.5. The molecule has 0 aliphatic heterocycles. The van der Waals surface area contributed by atoms with E-state index in [1.54, 1.807) is 27.8 Å². The second-order valence-corrected chi connectivity index (χ2v) is 6.81. The lowest BCUT2D eigenvalue weighted by Gasteiger charge is -2.22. The molecule has 122 valence electrons. The monoisotopic (exact) mass is 371 g/mol. The number of carbonyl (C=O) groups excluding carboxylic acids is 2. The molecule has 0 unspecified atom stereocenters. The van der Waals surface area contributed by atoms with Gasteiger partial charge in [-0.05, 0) is 39.0 Å². The van der Waals surface area contributed by atoms with Crippen molar-refractivity contribution in [1.82, 2.24) is 4.90 Å². The summed E-state index contributed by atoms with van der Waals surface area (Å²) in [6.45, 7) is 5.57. The Morgan fingerprint density at radius 3 is 2.55 bits per heavy atom. The predicted molar refractivity (Wildman–Crippen MR) is 87.7 cm³/mol. The predicted octanol–water partition coefficient (Wildman–Crippen LogP) is 3.02. The SMILES string of the molecule is CN(CC(=O)OC(C)(C)C)C(=O)CCOc1cccc(Br)c1. The van der Waals surface area contributed by atoms with Crippen LogP contribution in [0.1, 0.15) is 27.2 Å². The van der Waals surface area contributed by atoms with Crippen LogP contribution < -0.4 is 4.74 Å². The van der Waals surface area contributed by atoms with Gasteiger partial charge in [0.05, 0.1) is 13.0 Å². The van der Waals surface area contributed by atoms with E-state index in [1.165, 1.54) is 4.90 Å². The van der Waals surface area contributed by atoms with Crippen molar-refractivity contribution in [2.24, 2.45) is 0 Å². The molecule has 5 nitrogen and oxygen atoms in total. The van der Waals surface area contributed by atoms with Crippen LogP contribution in [0.15, 0.2) is 28.7 Å². The molecule has 0 spiro atoms. The minimum atomic E-state index is -0.551. The van der Waals surface area contributed by atoms with Gasteiger partial charge in [-0.1, -0.05) is 22.0 Å². The second-order valence-electron chi connectivity index (χ2n) is 5.89. The summed E-state index contributed by atoms with van der Waals surface area (Å²) in [5, 5.41) is 0. The number of esters is 1. The first-order valence-corrected chi connectivity index (χ1v) is 7.81. The number of nitrogens with zero attached hydrogens (tertiary/aromatic N) is 1. The van der Waals surface area contributed by atoms with E-state index in [0.29, 0.717) is 5.75 Å². The van der Waals surface area contributed by atoms with Crippen LogP contribution >= 0.6 is 15.9 Å². The Morgan fingerprint density at radius 1 is 1.27 bits per heavy atom. The van der Waals surface area contributed by atoms with Crippen molar-refractivity contribution in [3.63, 3.8) is 0 Å². The van der Waals surface area contributed by atoms with E-state index in [2.05, 4.69) is 15.9 Å². The topological polar surface area (TPSA) is 55.8 Å². The molecule has 0 radical (unpaired) electrons. The molecule has 0 aliphatic rings. The van der Waals surface area contributed by atoms with Crippen molar-refractivity contribution in [3.8, 4) is 5.75 Å². The highest BCUT2D eigenvalue weighted by molar-refractivity contribution is 9.10. The summed E-state index contributed by atoms with van der Waals surface area (Å²) in [4.78, 5) is 24.9. The number of ether oxygens (including phenoxy) is 2. The van der Waals surface area contributed by atoms with Crippen LogP contribution in [-0.2, 0) is 14.3 Å². The zero-order chi connectivity index (χ0) is 16.8.